The van der Waals surface area contributed by atoms with Crippen LogP contribution in [0.2, 0.25) is 0 Å². The van der Waals surface area contributed by atoms with Crippen molar-refractivity contribution in [3.8, 4) is 11.6 Å². The molecule has 5 rings (SSSR count). The number of carbonyl (C=O) groups is 1. The number of aromatic amines is 1. The van der Waals surface area contributed by atoms with E-state index in [1.807, 2.05) is 42.3 Å². The van der Waals surface area contributed by atoms with Gasteiger partial charge >= 0.3 is 0 Å². The van der Waals surface area contributed by atoms with E-state index >= 15 is 0 Å². The molecule has 8 heteroatoms. The van der Waals surface area contributed by atoms with E-state index in [-0.39, 0.29) is 17.7 Å². The van der Waals surface area contributed by atoms with Gasteiger partial charge in [-0.05, 0) is 49.2 Å². The lowest BCUT2D eigenvalue weighted by atomic mass is 9.97. The monoisotopic (exact) mass is 443 g/mol. The second-order valence-corrected chi connectivity index (χ2v) is 8.24. The summed E-state index contributed by atoms with van der Waals surface area (Å²) in [5.74, 6) is 0.867. The minimum absolute atomic E-state index is 0.116. The van der Waals surface area contributed by atoms with Crippen LogP contribution in [-0.2, 0) is 11.2 Å². The predicted octanol–water partition coefficient (Wildman–Crippen LogP) is 3.78. The average Bonchev–Trinajstić information content (AvgIpc) is 3.20. The van der Waals surface area contributed by atoms with Gasteiger partial charge in [-0.15, -0.1) is 0 Å². The minimum Gasteiger partial charge on any atom is -0.437 e. The van der Waals surface area contributed by atoms with Crippen molar-refractivity contribution in [2.24, 2.45) is 5.92 Å². The fourth-order valence-corrected chi connectivity index (χ4v) is 4.14. The Bertz CT molecular complexity index is 1250. The zero-order valence-electron chi connectivity index (χ0n) is 18.4. The van der Waals surface area contributed by atoms with Crippen LogP contribution in [0.1, 0.15) is 21.6 Å². The van der Waals surface area contributed by atoms with Gasteiger partial charge in [0.2, 0.25) is 5.88 Å². The first-order chi connectivity index (χ1) is 16.2. The summed E-state index contributed by atoms with van der Waals surface area (Å²) in [5.41, 5.74) is 3.52. The number of nitrogens with one attached hydrogen (secondary N) is 1. The SMILES string of the molecule is Cc1ccc(Oc2ncccc2C(=O)N2CCOC[C@@H](Cc3cccc4[nH]ncc34)C2)cn1. The summed E-state index contributed by atoms with van der Waals surface area (Å²) in [5, 5.41) is 8.28. The van der Waals surface area contributed by atoms with E-state index in [0.717, 1.165) is 23.0 Å². The quantitative estimate of drug-likeness (QED) is 0.505. The van der Waals surface area contributed by atoms with E-state index in [9.17, 15) is 4.79 Å². The lowest BCUT2D eigenvalue weighted by Gasteiger charge is -2.24. The second-order valence-electron chi connectivity index (χ2n) is 8.24. The van der Waals surface area contributed by atoms with E-state index in [2.05, 4.69) is 26.2 Å². The lowest BCUT2D eigenvalue weighted by Crippen LogP contribution is -2.36. The molecule has 1 atom stereocenters. The van der Waals surface area contributed by atoms with Crippen molar-refractivity contribution in [1.82, 2.24) is 25.1 Å². The van der Waals surface area contributed by atoms with Crippen LogP contribution in [0.3, 0.4) is 0 Å². The van der Waals surface area contributed by atoms with Gasteiger partial charge in [0.1, 0.15) is 11.3 Å². The third-order valence-electron chi connectivity index (χ3n) is 5.81. The van der Waals surface area contributed by atoms with Gasteiger partial charge in [0.05, 0.1) is 31.1 Å². The average molecular weight is 444 g/mol. The van der Waals surface area contributed by atoms with Gasteiger partial charge in [-0.2, -0.15) is 5.10 Å². The normalized spacial score (nSPS) is 16.5. The number of rotatable bonds is 5. The summed E-state index contributed by atoms with van der Waals surface area (Å²) < 4.78 is 11.8. The second kappa shape index (κ2) is 9.38. The van der Waals surface area contributed by atoms with E-state index in [1.165, 1.54) is 5.56 Å². The molecule has 1 aliphatic rings. The number of amides is 1. The third kappa shape index (κ3) is 4.70. The molecule has 33 heavy (non-hydrogen) atoms. The molecule has 0 aliphatic carbocycles. The molecular formula is C25H25N5O3. The predicted molar refractivity (Wildman–Crippen MR) is 123 cm³/mol. The standard InChI is InChI=1S/C25H25N5O3/c1-17-7-8-20(13-27-17)33-24-21(5-3-9-26-24)25(31)30-10-11-32-16-18(15-30)12-19-4-2-6-23-22(19)14-28-29-23/h2-9,13-14,18H,10-12,15-16H2,1H3,(H,28,29)/t18-/m0/s1. The number of aromatic nitrogens is 4. The molecule has 4 aromatic rings. The van der Waals surface area contributed by atoms with E-state index in [0.29, 0.717) is 37.6 Å². The summed E-state index contributed by atoms with van der Waals surface area (Å²) in [7, 11) is 0. The van der Waals surface area contributed by atoms with Gasteiger partial charge in [-0.3, -0.25) is 14.9 Å². The molecule has 1 aliphatic heterocycles. The maximum atomic E-state index is 13.5. The number of benzene rings is 1. The van der Waals surface area contributed by atoms with Crippen LogP contribution in [0, 0.1) is 12.8 Å². The topological polar surface area (TPSA) is 93.2 Å². The Morgan fingerprint density at radius 3 is 3.00 bits per heavy atom. The summed E-state index contributed by atoms with van der Waals surface area (Å²) in [6, 6.07) is 13.3. The Kier molecular flexibility index (Phi) is 5.99. The van der Waals surface area contributed by atoms with Gasteiger partial charge in [0.25, 0.3) is 5.91 Å². The largest absolute Gasteiger partial charge is 0.437 e. The van der Waals surface area contributed by atoms with Crippen LogP contribution in [0.5, 0.6) is 11.6 Å². The number of hydrogen-bond acceptors (Lipinski definition) is 6. The van der Waals surface area contributed by atoms with Crippen LogP contribution >= 0.6 is 0 Å². The highest BCUT2D eigenvalue weighted by Gasteiger charge is 2.26. The molecule has 1 aromatic carbocycles. The maximum Gasteiger partial charge on any atom is 0.259 e. The molecule has 8 nitrogen and oxygen atoms in total. The van der Waals surface area contributed by atoms with Crippen LogP contribution in [0.25, 0.3) is 10.9 Å². The fourth-order valence-electron chi connectivity index (χ4n) is 4.14. The molecule has 0 spiro atoms. The molecule has 4 heterocycles. The lowest BCUT2D eigenvalue weighted by molar-refractivity contribution is 0.0734. The van der Waals surface area contributed by atoms with Gasteiger partial charge in [0.15, 0.2) is 0 Å². The molecular weight excluding hydrogens is 418 g/mol. The highest BCUT2D eigenvalue weighted by atomic mass is 16.5. The number of H-pyrrole nitrogens is 1. The van der Waals surface area contributed by atoms with Gasteiger partial charge in [-0.25, -0.2) is 4.98 Å². The summed E-state index contributed by atoms with van der Waals surface area (Å²) >= 11 is 0. The smallest absolute Gasteiger partial charge is 0.259 e. The van der Waals surface area contributed by atoms with Crippen molar-refractivity contribution in [2.75, 3.05) is 26.3 Å². The van der Waals surface area contributed by atoms with E-state index in [4.69, 9.17) is 9.47 Å². The third-order valence-corrected chi connectivity index (χ3v) is 5.81. The number of pyridine rings is 2. The fraction of sp³-hybridized carbons (Fsp3) is 0.280. The number of nitrogens with zero attached hydrogens (tertiary/aromatic N) is 4. The van der Waals surface area contributed by atoms with Gasteiger partial charge in [0, 0.05) is 36.3 Å². The zero-order chi connectivity index (χ0) is 22.6. The molecule has 168 valence electrons. The van der Waals surface area contributed by atoms with Crippen molar-refractivity contribution in [3.63, 3.8) is 0 Å². The molecule has 3 aromatic heterocycles. The van der Waals surface area contributed by atoms with Crippen molar-refractivity contribution in [1.29, 1.82) is 0 Å². The Morgan fingerprint density at radius 2 is 2.12 bits per heavy atom. The van der Waals surface area contributed by atoms with Gasteiger partial charge in [-0.1, -0.05) is 12.1 Å². The Labute approximate surface area is 191 Å². The zero-order valence-corrected chi connectivity index (χ0v) is 18.4. The maximum absolute atomic E-state index is 13.5. The Morgan fingerprint density at radius 1 is 1.18 bits per heavy atom. The molecule has 0 radical (unpaired) electrons. The number of aryl methyl sites for hydroxylation is 1. The van der Waals surface area contributed by atoms with E-state index in [1.54, 1.807) is 24.5 Å². The summed E-state index contributed by atoms with van der Waals surface area (Å²) in [6.07, 6.45) is 5.90. The number of hydrogen-bond donors (Lipinski definition) is 1. The first-order valence-corrected chi connectivity index (χ1v) is 11.0. The molecule has 1 saturated heterocycles. The number of ether oxygens (including phenoxy) is 2. The van der Waals surface area contributed by atoms with Crippen LogP contribution < -0.4 is 4.74 Å². The molecule has 0 saturated carbocycles. The first kappa shape index (κ1) is 21.1. The first-order valence-electron chi connectivity index (χ1n) is 11.0. The molecule has 1 N–H and O–H groups in total. The summed E-state index contributed by atoms with van der Waals surface area (Å²) in [4.78, 5) is 23.9. The Balaban J connectivity index is 1.35. The number of fused-ring (bicyclic) bond motifs is 1. The van der Waals surface area contributed by atoms with Crippen LogP contribution in [0.4, 0.5) is 0 Å². The van der Waals surface area contributed by atoms with Crippen molar-refractivity contribution >= 4 is 16.8 Å². The van der Waals surface area contributed by atoms with Gasteiger partial charge < -0.3 is 14.4 Å². The molecule has 1 amide bonds. The van der Waals surface area contributed by atoms with Crippen molar-refractivity contribution in [3.05, 3.63) is 77.9 Å². The minimum atomic E-state index is -0.116. The highest BCUT2D eigenvalue weighted by Crippen LogP contribution is 2.26. The molecule has 1 fully saturated rings. The highest BCUT2D eigenvalue weighted by molar-refractivity contribution is 5.96. The summed E-state index contributed by atoms with van der Waals surface area (Å²) in [6.45, 7) is 4.11. The van der Waals surface area contributed by atoms with Crippen molar-refractivity contribution in [2.45, 2.75) is 13.3 Å². The molecule has 0 bridgehead atoms. The molecule has 0 unspecified atom stereocenters. The van der Waals surface area contributed by atoms with Crippen LogP contribution in [0.15, 0.2) is 61.1 Å². The van der Waals surface area contributed by atoms with Crippen molar-refractivity contribution < 1.29 is 14.3 Å². The van der Waals surface area contributed by atoms with E-state index < -0.39 is 0 Å². The van der Waals surface area contributed by atoms with Crippen LogP contribution in [-0.4, -0.2) is 57.3 Å². The Hall–Kier alpha value is -3.78. The number of carbonyl (C=O) groups excluding carboxylic acids is 1.